The summed E-state index contributed by atoms with van der Waals surface area (Å²) in [5, 5.41) is 2.89. The average Bonchev–Trinajstić information content (AvgIpc) is 2.47. The van der Waals surface area contributed by atoms with E-state index in [0.717, 1.165) is 17.7 Å². The number of amides is 1. The number of carbonyl (C=O) groups is 1. The predicted octanol–water partition coefficient (Wildman–Crippen LogP) is 3.82. The number of hydrogen-bond acceptors (Lipinski definition) is 2. The summed E-state index contributed by atoms with van der Waals surface area (Å²) >= 11 is 0. The van der Waals surface area contributed by atoms with Gasteiger partial charge in [-0.05, 0) is 42.7 Å². The zero-order valence-corrected chi connectivity index (χ0v) is 12.1. The molecule has 20 heavy (non-hydrogen) atoms. The van der Waals surface area contributed by atoms with Gasteiger partial charge in [0.15, 0.2) is 0 Å². The van der Waals surface area contributed by atoms with Gasteiger partial charge in [0.05, 0.1) is 12.7 Å². The summed E-state index contributed by atoms with van der Waals surface area (Å²) in [6, 6.07) is 13.4. The Morgan fingerprint density at radius 2 is 1.85 bits per heavy atom. The average molecular weight is 269 g/mol. The Morgan fingerprint density at radius 3 is 2.45 bits per heavy atom. The van der Waals surface area contributed by atoms with E-state index in [4.69, 9.17) is 4.74 Å². The van der Waals surface area contributed by atoms with E-state index in [1.54, 1.807) is 13.2 Å². The van der Waals surface area contributed by atoms with Crippen LogP contribution >= 0.6 is 0 Å². The Hall–Kier alpha value is -2.29. The highest BCUT2D eigenvalue weighted by Crippen LogP contribution is 2.24. The van der Waals surface area contributed by atoms with E-state index < -0.39 is 0 Å². The van der Waals surface area contributed by atoms with Crippen LogP contribution in [0.5, 0.6) is 5.75 Å². The maximum atomic E-state index is 12.3. The summed E-state index contributed by atoms with van der Waals surface area (Å²) in [4.78, 5) is 12.3. The molecule has 3 heteroatoms. The smallest absolute Gasteiger partial charge is 0.259 e. The zero-order chi connectivity index (χ0) is 14.5. The highest BCUT2D eigenvalue weighted by molar-refractivity contribution is 6.06. The summed E-state index contributed by atoms with van der Waals surface area (Å²) < 4.78 is 5.31. The van der Waals surface area contributed by atoms with Crippen molar-refractivity contribution in [1.29, 1.82) is 0 Å². The van der Waals surface area contributed by atoms with Gasteiger partial charge in [-0.2, -0.15) is 0 Å². The number of benzene rings is 2. The molecule has 0 saturated heterocycles. The van der Waals surface area contributed by atoms with Gasteiger partial charge in [0.1, 0.15) is 5.75 Å². The summed E-state index contributed by atoms with van der Waals surface area (Å²) in [6.45, 7) is 4.02. The van der Waals surface area contributed by atoms with Gasteiger partial charge in [-0.15, -0.1) is 0 Å². The number of rotatable bonds is 4. The van der Waals surface area contributed by atoms with Crippen LogP contribution in [0.15, 0.2) is 42.5 Å². The molecule has 0 spiro atoms. The Kier molecular flexibility index (Phi) is 4.41. The van der Waals surface area contributed by atoms with E-state index in [-0.39, 0.29) is 5.91 Å². The maximum absolute atomic E-state index is 12.3. The minimum Gasteiger partial charge on any atom is -0.496 e. The van der Waals surface area contributed by atoms with Crippen molar-refractivity contribution in [3.05, 3.63) is 59.2 Å². The van der Waals surface area contributed by atoms with E-state index in [9.17, 15) is 4.79 Å². The Labute approximate surface area is 119 Å². The molecule has 0 aliphatic carbocycles. The van der Waals surface area contributed by atoms with Gasteiger partial charge < -0.3 is 10.1 Å². The first-order valence-electron chi connectivity index (χ1n) is 6.69. The number of para-hydroxylation sites is 1. The highest BCUT2D eigenvalue weighted by Gasteiger charge is 2.13. The van der Waals surface area contributed by atoms with Gasteiger partial charge in [-0.25, -0.2) is 0 Å². The predicted molar refractivity (Wildman–Crippen MR) is 81.5 cm³/mol. The van der Waals surface area contributed by atoms with Crippen LogP contribution in [0.1, 0.15) is 28.4 Å². The molecule has 3 nitrogen and oxygen atoms in total. The molecule has 1 amide bonds. The van der Waals surface area contributed by atoms with Crippen molar-refractivity contribution in [1.82, 2.24) is 0 Å². The fraction of sp³-hybridized carbons (Fsp3) is 0.235. The fourth-order valence-electron chi connectivity index (χ4n) is 2.12. The minimum atomic E-state index is -0.158. The second kappa shape index (κ2) is 6.24. The SMILES string of the molecule is CCc1ccc(NC(=O)c2cccc(C)c2OC)cc1. The normalized spacial score (nSPS) is 10.2. The Bertz CT molecular complexity index is 603. The second-order valence-corrected chi connectivity index (χ2v) is 4.66. The van der Waals surface area contributed by atoms with Crippen molar-refractivity contribution in [2.75, 3.05) is 12.4 Å². The molecule has 0 atom stereocenters. The van der Waals surface area contributed by atoms with Crippen LogP contribution < -0.4 is 10.1 Å². The van der Waals surface area contributed by atoms with E-state index in [1.807, 2.05) is 43.3 Å². The molecule has 104 valence electrons. The number of aryl methyl sites for hydroxylation is 2. The van der Waals surface area contributed by atoms with Crippen LogP contribution in [0, 0.1) is 6.92 Å². The third kappa shape index (κ3) is 2.99. The van der Waals surface area contributed by atoms with Gasteiger partial charge in [-0.1, -0.05) is 31.2 Å². The number of carbonyl (C=O) groups excluding carboxylic acids is 1. The maximum Gasteiger partial charge on any atom is 0.259 e. The van der Waals surface area contributed by atoms with Crippen LogP contribution in [0.2, 0.25) is 0 Å². The first-order chi connectivity index (χ1) is 9.65. The molecular formula is C17H19NO2. The van der Waals surface area contributed by atoms with Crippen molar-refractivity contribution < 1.29 is 9.53 Å². The van der Waals surface area contributed by atoms with E-state index in [1.165, 1.54) is 5.56 Å². The lowest BCUT2D eigenvalue weighted by molar-refractivity contribution is 0.102. The lowest BCUT2D eigenvalue weighted by atomic mass is 10.1. The van der Waals surface area contributed by atoms with Crippen molar-refractivity contribution in [3.8, 4) is 5.75 Å². The van der Waals surface area contributed by atoms with Crippen molar-refractivity contribution in [2.45, 2.75) is 20.3 Å². The van der Waals surface area contributed by atoms with Gasteiger partial charge in [-0.3, -0.25) is 4.79 Å². The molecule has 0 saturated carbocycles. The highest BCUT2D eigenvalue weighted by atomic mass is 16.5. The molecule has 0 fully saturated rings. The lowest BCUT2D eigenvalue weighted by Crippen LogP contribution is -2.13. The molecule has 0 aromatic heterocycles. The quantitative estimate of drug-likeness (QED) is 0.916. The molecule has 0 unspecified atom stereocenters. The fourth-order valence-corrected chi connectivity index (χ4v) is 2.12. The van der Waals surface area contributed by atoms with Gasteiger partial charge >= 0.3 is 0 Å². The van der Waals surface area contributed by atoms with Crippen LogP contribution in [-0.4, -0.2) is 13.0 Å². The van der Waals surface area contributed by atoms with Crippen LogP contribution in [0.25, 0.3) is 0 Å². The molecule has 0 heterocycles. The number of methoxy groups -OCH3 is 1. The third-order valence-electron chi connectivity index (χ3n) is 3.28. The summed E-state index contributed by atoms with van der Waals surface area (Å²) in [6.07, 6.45) is 0.986. The van der Waals surface area contributed by atoms with Crippen molar-refractivity contribution in [2.24, 2.45) is 0 Å². The molecule has 0 aliphatic heterocycles. The zero-order valence-electron chi connectivity index (χ0n) is 12.1. The third-order valence-corrected chi connectivity index (χ3v) is 3.28. The van der Waals surface area contributed by atoms with Gasteiger partial charge in [0, 0.05) is 5.69 Å². The largest absolute Gasteiger partial charge is 0.496 e. The first-order valence-corrected chi connectivity index (χ1v) is 6.69. The molecule has 1 N–H and O–H groups in total. The van der Waals surface area contributed by atoms with Crippen molar-refractivity contribution in [3.63, 3.8) is 0 Å². The van der Waals surface area contributed by atoms with Gasteiger partial charge in [0.2, 0.25) is 0 Å². The molecule has 0 radical (unpaired) electrons. The van der Waals surface area contributed by atoms with Crippen LogP contribution in [0.3, 0.4) is 0 Å². The van der Waals surface area contributed by atoms with Gasteiger partial charge in [0.25, 0.3) is 5.91 Å². The second-order valence-electron chi connectivity index (χ2n) is 4.66. The minimum absolute atomic E-state index is 0.158. The lowest BCUT2D eigenvalue weighted by Gasteiger charge is -2.11. The Balaban J connectivity index is 2.21. The number of hydrogen-bond donors (Lipinski definition) is 1. The number of ether oxygens (including phenoxy) is 1. The first kappa shape index (κ1) is 14.1. The molecule has 0 bridgehead atoms. The van der Waals surface area contributed by atoms with Crippen LogP contribution in [-0.2, 0) is 6.42 Å². The Morgan fingerprint density at radius 1 is 1.15 bits per heavy atom. The molecule has 2 rings (SSSR count). The monoisotopic (exact) mass is 269 g/mol. The standard InChI is InChI=1S/C17H19NO2/c1-4-13-8-10-14(11-9-13)18-17(19)15-7-5-6-12(2)16(15)20-3/h5-11H,4H2,1-3H3,(H,18,19). The summed E-state index contributed by atoms with van der Waals surface area (Å²) in [5.41, 5.74) is 3.53. The number of anilines is 1. The summed E-state index contributed by atoms with van der Waals surface area (Å²) in [5.74, 6) is 0.463. The van der Waals surface area contributed by atoms with E-state index in [0.29, 0.717) is 11.3 Å². The molecular weight excluding hydrogens is 250 g/mol. The van der Waals surface area contributed by atoms with E-state index >= 15 is 0 Å². The van der Waals surface area contributed by atoms with Crippen molar-refractivity contribution >= 4 is 11.6 Å². The topological polar surface area (TPSA) is 38.3 Å². The van der Waals surface area contributed by atoms with E-state index in [2.05, 4.69) is 12.2 Å². The molecule has 2 aromatic rings. The van der Waals surface area contributed by atoms with Crippen LogP contribution in [0.4, 0.5) is 5.69 Å². The molecule has 2 aromatic carbocycles. The molecule has 0 aliphatic rings. The summed E-state index contributed by atoms with van der Waals surface area (Å²) in [7, 11) is 1.58. The number of nitrogens with one attached hydrogen (secondary N) is 1.